The molecule has 3 heteroatoms. The largest absolute Gasteiger partial charge is 0.512 e. The second-order valence-electron chi connectivity index (χ2n) is 8.19. The fourth-order valence-corrected chi connectivity index (χ4v) is 3.54. The molecule has 0 aliphatic carbocycles. The number of carbonyl (C=O) groups excluding carboxylic acids is 1. The molecule has 33 heavy (non-hydrogen) atoms. The second-order valence-corrected chi connectivity index (χ2v) is 8.19. The van der Waals surface area contributed by atoms with Crippen molar-refractivity contribution in [2.75, 3.05) is 0 Å². The Balaban J connectivity index is 0.000000423. The molecule has 0 aromatic heterocycles. The van der Waals surface area contributed by atoms with Gasteiger partial charge < -0.3 is 5.11 Å². The van der Waals surface area contributed by atoms with Gasteiger partial charge in [0.2, 0.25) is 0 Å². The summed E-state index contributed by atoms with van der Waals surface area (Å²) in [5.41, 5.74) is 8.46. The molecule has 0 spiro atoms. The molecule has 0 amide bonds. The Bertz CT molecular complexity index is 1280. The second kappa shape index (κ2) is 11.7. The van der Waals surface area contributed by atoms with E-state index in [-0.39, 0.29) is 31.6 Å². The fourth-order valence-electron chi connectivity index (χ4n) is 3.54. The van der Waals surface area contributed by atoms with Crippen LogP contribution < -0.4 is 0 Å². The summed E-state index contributed by atoms with van der Waals surface area (Å²) in [6, 6.07) is 30.8. The minimum absolute atomic E-state index is 0. The number of fused-ring (bicyclic) bond motifs is 1. The predicted octanol–water partition coefficient (Wildman–Crippen LogP) is 7.73. The summed E-state index contributed by atoms with van der Waals surface area (Å²) in [5.74, 6) is -0.0625. The van der Waals surface area contributed by atoms with Gasteiger partial charge in [0.15, 0.2) is 5.78 Å². The quantitative estimate of drug-likeness (QED) is 0.146. The van der Waals surface area contributed by atoms with Gasteiger partial charge in [-0.15, -0.1) is 23.1 Å². The Morgan fingerprint density at radius 1 is 0.818 bits per heavy atom. The first-order valence-corrected chi connectivity index (χ1v) is 10.6. The molecule has 1 radical (unpaired) electrons. The first kappa shape index (κ1) is 26.3. The summed E-state index contributed by atoms with van der Waals surface area (Å²) >= 11 is 0. The molecule has 1 N–H and O–H groups in total. The molecular formula is C30H28IrO2-2. The van der Waals surface area contributed by atoms with E-state index in [4.69, 9.17) is 5.11 Å². The van der Waals surface area contributed by atoms with Gasteiger partial charge in [-0.1, -0.05) is 65.4 Å². The van der Waals surface area contributed by atoms with E-state index in [0.29, 0.717) is 0 Å². The van der Waals surface area contributed by atoms with Crippen molar-refractivity contribution < 1.29 is 30.0 Å². The molecule has 0 saturated heterocycles. The molecule has 0 aliphatic rings. The minimum atomic E-state index is -0.125. The van der Waals surface area contributed by atoms with Crippen molar-refractivity contribution in [3.8, 4) is 22.3 Å². The number of benzene rings is 4. The van der Waals surface area contributed by atoms with Gasteiger partial charge in [-0.2, -0.15) is 35.9 Å². The predicted molar refractivity (Wildman–Crippen MR) is 134 cm³/mol. The normalized spacial score (nSPS) is 10.8. The standard InChI is InChI=1S/C25H20.C5H8O2.Ir/c1-17-7-10-20(11-8-17)25-16-23(21-6-4-5-18(2)13-21)15-22-12-9-19(3)14-24(22)25;1-4(6)3-5(2)7;/h4-5,7-14,16H,1-3H3;3,6H,1-2H3;/q-2;;/b;4-3-;. The van der Waals surface area contributed by atoms with Gasteiger partial charge in [-0.05, 0) is 33.3 Å². The topological polar surface area (TPSA) is 37.3 Å². The number of aliphatic hydroxyl groups is 1. The van der Waals surface area contributed by atoms with E-state index in [9.17, 15) is 4.79 Å². The van der Waals surface area contributed by atoms with Gasteiger partial charge in [0, 0.05) is 26.2 Å². The van der Waals surface area contributed by atoms with Crippen LogP contribution in [0.3, 0.4) is 0 Å². The molecule has 171 valence electrons. The van der Waals surface area contributed by atoms with Gasteiger partial charge in [-0.3, -0.25) is 4.79 Å². The van der Waals surface area contributed by atoms with Crippen LogP contribution in [0, 0.1) is 32.9 Å². The molecule has 0 fully saturated rings. The Morgan fingerprint density at radius 2 is 1.45 bits per heavy atom. The van der Waals surface area contributed by atoms with Gasteiger partial charge in [0.25, 0.3) is 0 Å². The van der Waals surface area contributed by atoms with E-state index < -0.39 is 0 Å². The zero-order valence-electron chi connectivity index (χ0n) is 19.6. The number of aryl methyl sites for hydroxylation is 3. The van der Waals surface area contributed by atoms with Crippen LogP contribution >= 0.6 is 0 Å². The number of ketones is 1. The first-order valence-electron chi connectivity index (χ1n) is 10.6. The molecule has 0 heterocycles. The van der Waals surface area contributed by atoms with Crippen molar-refractivity contribution in [1.82, 2.24) is 0 Å². The number of carbonyl (C=O) groups is 1. The molecule has 2 nitrogen and oxygen atoms in total. The van der Waals surface area contributed by atoms with Crippen LogP contribution in [-0.2, 0) is 24.9 Å². The number of rotatable bonds is 3. The number of hydrogen-bond acceptors (Lipinski definition) is 2. The van der Waals surface area contributed by atoms with E-state index in [1.54, 1.807) is 0 Å². The maximum absolute atomic E-state index is 10.0. The Kier molecular flexibility index (Phi) is 9.34. The molecule has 4 rings (SSSR count). The Labute approximate surface area is 210 Å². The van der Waals surface area contributed by atoms with Crippen LogP contribution in [0.1, 0.15) is 30.5 Å². The molecule has 0 bridgehead atoms. The van der Waals surface area contributed by atoms with Crippen molar-refractivity contribution in [3.63, 3.8) is 0 Å². The zero-order valence-corrected chi connectivity index (χ0v) is 22.0. The first-order chi connectivity index (χ1) is 15.2. The van der Waals surface area contributed by atoms with Crippen molar-refractivity contribution in [2.45, 2.75) is 34.6 Å². The summed E-state index contributed by atoms with van der Waals surface area (Å²) in [5, 5.41) is 10.8. The molecule has 4 aromatic rings. The van der Waals surface area contributed by atoms with E-state index >= 15 is 0 Å². The molecular weight excluding hydrogens is 585 g/mol. The van der Waals surface area contributed by atoms with Gasteiger partial charge >= 0.3 is 0 Å². The van der Waals surface area contributed by atoms with Gasteiger partial charge in [-0.25, -0.2) is 5.56 Å². The summed E-state index contributed by atoms with van der Waals surface area (Å²) < 4.78 is 0. The minimum Gasteiger partial charge on any atom is -0.512 e. The molecule has 0 unspecified atom stereocenters. The van der Waals surface area contributed by atoms with Crippen LogP contribution in [-0.4, -0.2) is 10.9 Å². The van der Waals surface area contributed by atoms with E-state index in [0.717, 1.165) is 16.5 Å². The molecule has 4 aromatic carbocycles. The van der Waals surface area contributed by atoms with Crippen molar-refractivity contribution in [3.05, 3.63) is 107 Å². The molecule has 0 aliphatic heterocycles. The third-order valence-electron chi connectivity index (χ3n) is 5.05. The van der Waals surface area contributed by atoms with E-state index in [1.165, 1.54) is 53.1 Å². The third kappa shape index (κ3) is 7.25. The number of allylic oxidation sites excluding steroid dienone is 2. The fraction of sp³-hybridized carbons (Fsp3) is 0.167. The third-order valence-corrected chi connectivity index (χ3v) is 5.05. The van der Waals surface area contributed by atoms with Crippen LogP contribution in [0.4, 0.5) is 0 Å². The summed E-state index contributed by atoms with van der Waals surface area (Å²) in [7, 11) is 0. The van der Waals surface area contributed by atoms with Crippen molar-refractivity contribution >= 4 is 16.6 Å². The zero-order chi connectivity index (χ0) is 23.3. The monoisotopic (exact) mass is 613 g/mol. The van der Waals surface area contributed by atoms with Crippen LogP contribution in [0.15, 0.2) is 78.6 Å². The average Bonchev–Trinajstić information content (AvgIpc) is 2.73. The van der Waals surface area contributed by atoms with Gasteiger partial charge in [0.05, 0.1) is 5.76 Å². The Hall–Kier alpha value is -3.00. The van der Waals surface area contributed by atoms with Gasteiger partial charge in [0.1, 0.15) is 0 Å². The van der Waals surface area contributed by atoms with Crippen molar-refractivity contribution in [1.29, 1.82) is 0 Å². The molecule has 0 atom stereocenters. The van der Waals surface area contributed by atoms with Crippen LogP contribution in [0.25, 0.3) is 33.0 Å². The smallest absolute Gasteiger partial charge is 0.155 e. The summed E-state index contributed by atoms with van der Waals surface area (Å²) in [4.78, 5) is 10.0. The van der Waals surface area contributed by atoms with E-state index in [2.05, 4.69) is 93.6 Å². The Morgan fingerprint density at radius 3 is 2.03 bits per heavy atom. The maximum Gasteiger partial charge on any atom is 0.155 e. The van der Waals surface area contributed by atoms with E-state index in [1.807, 2.05) is 6.07 Å². The van der Waals surface area contributed by atoms with Crippen LogP contribution in [0.2, 0.25) is 0 Å². The number of hydrogen-bond donors (Lipinski definition) is 1. The molecule has 0 saturated carbocycles. The average molecular weight is 613 g/mol. The van der Waals surface area contributed by atoms with Crippen molar-refractivity contribution in [2.24, 2.45) is 0 Å². The summed E-state index contributed by atoms with van der Waals surface area (Å²) in [6.45, 7) is 9.22. The van der Waals surface area contributed by atoms with Crippen LogP contribution in [0.5, 0.6) is 0 Å². The SMILES string of the molecule is CC(=O)/C=C(/C)O.Cc1ccc(-c2cc(-c3[c-]ccc(C)c3)[c-]c3ccc(C)cc23)cc1.[Ir]. The summed E-state index contributed by atoms with van der Waals surface area (Å²) in [6.07, 6.45) is 1.17. The number of aliphatic hydroxyl groups excluding tert-OH is 1. The maximum atomic E-state index is 10.0.